The van der Waals surface area contributed by atoms with Crippen molar-refractivity contribution in [2.24, 2.45) is 23.2 Å². The summed E-state index contributed by atoms with van der Waals surface area (Å²) < 4.78 is 0. The summed E-state index contributed by atoms with van der Waals surface area (Å²) in [7, 11) is 0. The van der Waals surface area contributed by atoms with Crippen molar-refractivity contribution in [3.8, 4) is 0 Å². The molecule has 7 nitrogen and oxygen atoms in total. The Labute approximate surface area is 98.3 Å². The first kappa shape index (κ1) is 22.5. The van der Waals surface area contributed by atoms with Gasteiger partial charge in [-0.25, -0.2) is 0 Å². The number of nitrogens with one attached hydrogen (secondary N) is 1. The zero-order valence-corrected chi connectivity index (χ0v) is 9.30. The molecule has 66 valence electrons. The predicted octanol–water partition coefficient (Wildman–Crippen LogP) is -2.25. The maximum Gasteiger partial charge on any atom is 0.300 e. The van der Waals surface area contributed by atoms with E-state index in [0.717, 1.165) is 6.92 Å². The van der Waals surface area contributed by atoms with Crippen LogP contribution in [-0.4, -0.2) is 17.0 Å². The third kappa shape index (κ3) is 483000. The van der Waals surface area contributed by atoms with Crippen LogP contribution in [0.4, 0.5) is 0 Å². The third-order valence-electron chi connectivity index (χ3n) is 0. The Balaban J connectivity index is -0.0000000339. The van der Waals surface area contributed by atoms with Crippen LogP contribution in [0.1, 0.15) is 6.92 Å². The van der Waals surface area contributed by atoms with E-state index in [1.807, 2.05) is 0 Å². The molecule has 0 atom stereocenters. The van der Waals surface area contributed by atoms with Crippen molar-refractivity contribution in [1.29, 1.82) is 5.41 Å². The number of guanidine groups is 1. The number of carbonyl (C=O) groups is 1. The number of hydrogen-bond donors (Lipinski definition) is 6. The molecule has 0 aromatic heterocycles. The van der Waals surface area contributed by atoms with Crippen LogP contribution in [0.2, 0.25) is 0 Å². The van der Waals surface area contributed by atoms with Gasteiger partial charge in [0.25, 0.3) is 5.97 Å². The maximum absolute atomic E-state index is 9.00. The van der Waals surface area contributed by atoms with E-state index in [2.05, 4.69) is 23.2 Å². The molecule has 0 spiro atoms. The molecule has 0 rings (SSSR count). The standard InChI is InChI=1S/C2H4O2.CH5N3.Ce.H4N2/c1-2(3)4;2-1(3)4;;1-2/h1H3,(H,3,4);(H5,2,3,4);;1-2H2. The Bertz CT molecular complexity index is 77.7. The van der Waals surface area contributed by atoms with Gasteiger partial charge in [-0.1, -0.05) is 0 Å². The Morgan fingerprint density at radius 2 is 1.36 bits per heavy atom. The van der Waals surface area contributed by atoms with Gasteiger partial charge < -0.3 is 16.6 Å². The van der Waals surface area contributed by atoms with Crippen molar-refractivity contribution < 1.29 is 51.6 Å². The molecule has 0 bridgehead atoms. The van der Waals surface area contributed by atoms with Crippen LogP contribution in [0.25, 0.3) is 0 Å². The average Bonchev–Trinajstić information content (AvgIpc) is 1.66. The van der Waals surface area contributed by atoms with Crippen molar-refractivity contribution in [1.82, 2.24) is 0 Å². The Morgan fingerprint density at radius 1 is 1.36 bits per heavy atom. The molecule has 0 saturated heterocycles. The van der Waals surface area contributed by atoms with Crippen molar-refractivity contribution in [3.63, 3.8) is 0 Å². The van der Waals surface area contributed by atoms with Crippen LogP contribution in [0, 0.1) is 47.2 Å². The number of carboxylic acids is 1. The summed E-state index contributed by atoms with van der Waals surface area (Å²) in [5, 5.41) is 13.5. The number of hydrazine groups is 1. The summed E-state index contributed by atoms with van der Waals surface area (Å²) in [5.41, 5.74) is 8.94. The van der Waals surface area contributed by atoms with Crippen molar-refractivity contribution >= 4 is 11.9 Å². The van der Waals surface area contributed by atoms with Crippen molar-refractivity contribution in [2.45, 2.75) is 6.92 Å². The van der Waals surface area contributed by atoms with Gasteiger partial charge in [0.15, 0.2) is 5.96 Å². The van der Waals surface area contributed by atoms with Gasteiger partial charge in [0.2, 0.25) is 0 Å². The average molecular weight is 291 g/mol. The Morgan fingerprint density at radius 3 is 1.36 bits per heavy atom. The molecular weight excluding hydrogens is 278 g/mol. The normalized spacial score (nSPS) is 5.00. The van der Waals surface area contributed by atoms with Gasteiger partial charge in [0.05, 0.1) is 0 Å². The molecule has 8 heteroatoms. The van der Waals surface area contributed by atoms with Crippen LogP contribution in [-0.2, 0) is 4.79 Å². The Hall–Kier alpha value is 0.0366. The topological polar surface area (TPSA) is 165 Å². The van der Waals surface area contributed by atoms with E-state index in [9.17, 15) is 0 Å². The number of nitrogens with two attached hydrogens (primary N) is 4. The number of hydrogen-bond acceptors (Lipinski definition) is 4. The molecule has 0 aromatic rings. The van der Waals surface area contributed by atoms with Gasteiger partial charge in [-0.2, -0.15) is 0 Å². The van der Waals surface area contributed by atoms with Gasteiger partial charge in [-0.3, -0.25) is 21.9 Å². The van der Waals surface area contributed by atoms with Crippen LogP contribution in [0.5, 0.6) is 0 Å². The quantitative estimate of drug-likeness (QED) is 0.128. The van der Waals surface area contributed by atoms with Crippen LogP contribution < -0.4 is 23.2 Å². The predicted molar refractivity (Wildman–Crippen MR) is 37.8 cm³/mol. The van der Waals surface area contributed by atoms with Crippen LogP contribution in [0.15, 0.2) is 0 Å². The van der Waals surface area contributed by atoms with E-state index >= 15 is 0 Å². The Kier molecular flexibility index (Phi) is 45.9. The number of aliphatic carboxylic acids is 1. The largest absolute Gasteiger partial charge is 0.481 e. The molecule has 0 heterocycles. The molecule has 0 aliphatic rings. The number of rotatable bonds is 0. The fourth-order valence-corrected chi connectivity index (χ4v) is 0. The molecule has 0 radical (unpaired) electrons. The van der Waals surface area contributed by atoms with E-state index in [1.165, 1.54) is 0 Å². The molecule has 0 fully saturated rings. The summed E-state index contributed by atoms with van der Waals surface area (Å²) in [6, 6.07) is 0. The minimum absolute atomic E-state index is 0. The zero-order chi connectivity index (χ0) is 9.15. The summed E-state index contributed by atoms with van der Waals surface area (Å²) in [6.45, 7) is 1.08. The van der Waals surface area contributed by atoms with Gasteiger partial charge in [0, 0.05) is 48.7 Å². The second-order valence-corrected chi connectivity index (χ2v) is 0.974. The molecule has 0 aliphatic heterocycles. The molecule has 0 unspecified atom stereocenters. The fraction of sp³-hybridized carbons (Fsp3) is 0.333. The zero-order valence-electron chi connectivity index (χ0n) is 6.16. The monoisotopic (exact) mass is 291 g/mol. The first-order valence-electron chi connectivity index (χ1n) is 2.09. The summed E-state index contributed by atoms with van der Waals surface area (Å²) in [6.07, 6.45) is 0. The van der Waals surface area contributed by atoms with E-state index in [4.69, 9.17) is 15.3 Å². The van der Waals surface area contributed by atoms with Gasteiger partial charge in [-0.05, 0) is 0 Å². The van der Waals surface area contributed by atoms with E-state index in [0.29, 0.717) is 0 Å². The molecule has 0 aromatic carbocycles. The SMILES string of the molecule is CC(=O)O.N=C(N)N.NN.[Ce]. The van der Waals surface area contributed by atoms with Crippen molar-refractivity contribution in [3.05, 3.63) is 0 Å². The van der Waals surface area contributed by atoms with Gasteiger partial charge in [0.1, 0.15) is 0 Å². The van der Waals surface area contributed by atoms with Crippen molar-refractivity contribution in [2.75, 3.05) is 0 Å². The van der Waals surface area contributed by atoms with Gasteiger partial charge >= 0.3 is 0 Å². The first-order chi connectivity index (χ1) is 4.46. The minimum atomic E-state index is -0.833. The van der Waals surface area contributed by atoms with Gasteiger partial charge in [-0.15, -0.1) is 0 Å². The molecule has 0 aliphatic carbocycles. The second-order valence-electron chi connectivity index (χ2n) is 0.974. The fourth-order valence-electron chi connectivity index (χ4n) is 0. The minimum Gasteiger partial charge on any atom is -0.481 e. The van der Waals surface area contributed by atoms with Crippen LogP contribution in [0.3, 0.4) is 0 Å². The summed E-state index contributed by atoms with van der Waals surface area (Å²) in [5.74, 6) is 6.83. The van der Waals surface area contributed by atoms with Crippen LogP contribution >= 0.6 is 0 Å². The smallest absolute Gasteiger partial charge is 0.300 e. The molecule has 0 amide bonds. The number of carboxylic acid groups (broad SMARTS) is 1. The second kappa shape index (κ2) is 22.5. The van der Waals surface area contributed by atoms with E-state index < -0.39 is 5.97 Å². The van der Waals surface area contributed by atoms with E-state index in [-0.39, 0.29) is 47.7 Å². The molecule has 11 heavy (non-hydrogen) atoms. The molecule has 10 N–H and O–H groups in total. The summed E-state index contributed by atoms with van der Waals surface area (Å²) >= 11 is 0. The summed E-state index contributed by atoms with van der Waals surface area (Å²) in [4.78, 5) is 9.00. The maximum atomic E-state index is 9.00. The third-order valence-corrected chi connectivity index (χ3v) is 0. The van der Waals surface area contributed by atoms with E-state index in [1.54, 1.807) is 0 Å². The first-order valence-corrected chi connectivity index (χ1v) is 2.09. The molecule has 0 saturated carbocycles. The molecular formula is C3H13CeN5O2.